The van der Waals surface area contributed by atoms with E-state index in [0.29, 0.717) is 6.47 Å². The molecule has 0 saturated carbocycles. The van der Waals surface area contributed by atoms with E-state index in [-0.39, 0.29) is 11.6 Å². The molecule has 14 heavy (non-hydrogen) atoms. The van der Waals surface area contributed by atoms with E-state index in [1.165, 1.54) is 0 Å². The van der Waals surface area contributed by atoms with Crippen molar-refractivity contribution in [3.05, 3.63) is 10.4 Å². The highest BCUT2D eigenvalue weighted by Gasteiger charge is 2.12. The van der Waals surface area contributed by atoms with Crippen LogP contribution in [0.25, 0.3) is 10.4 Å². The number of carbonyl (C=O) groups is 1. The molecule has 0 aromatic heterocycles. The molecule has 1 saturated heterocycles. The number of hydrogen-bond donors (Lipinski definition) is 1. The molecule has 0 amide bonds. The summed E-state index contributed by atoms with van der Waals surface area (Å²) in [7, 11) is 0. The number of nitrogens with one attached hydrogen (secondary N) is 1. The normalized spacial score (nSPS) is 15.4. The zero-order valence-corrected chi connectivity index (χ0v) is 8.73. The molecule has 1 aliphatic heterocycles. The van der Waals surface area contributed by atoms with Crippen molar-refractivity contribution in [2.24, 2.45) is 5.11 Å². The quantitative estimate of drug-likeness (QED) is 0.314. The molecule has 1 fully saturated rings. The number of hydrogen-bond acceptors (Lipinski definition) is 4. The van der Waals surface area contributed by atoms with Gasteiger partial charge in [0.2, 0.25) is 0 Å². The van der Waals surface area contributed by atoms with Gasteiger partial charge in [0.1, 0.15) is 5.60 Å². The van der Waals surface area contributed by atoms with Crippen LogP contribution in [0.2, 0.25) is 0 Å². The van der Waals surface area contributed by atoms with Gasteiger partial charge < -0.3 is 10.1 Å². The van der Waals surface area contributed by atoms with Crippen LogP contribution in [0, 0.1) is 0 Å². The average Bonchev–Trinajstić information content (AvgIpc) is 1.95. The summed E-state index contributed by atoms with van der Waals surface area (Å²) in [6.45, 7) is 7.62. The predicted molar refractivity (Wildman–Crippen MR) is 52.7 cm³/mol. The van der Waals surface area contributed by atoms with Crippen molar-refractivity contribution in [3.63, 3.8) is 0 Å². The Morgan fingerprint density at radius 1 is 1.57 bits per heavy atom. The Kier molecular flexibility index (Phi) is 5.67. The fraction of sp³-hybridized carbons (Fsp3) is 0.875. The van der Waals surface area contributed by atoms with Gasteiger partial charge in [-0.2, -0.15) is 0 Å². The van der Waals surface area contributed by atoms with Crippen molar-refractivity contribution in [1.82, 2.24) is 5.32 Å². The molecule has 0 bridgehead atoms. The van der Waals surface area contributed by atoms with E-state index in [0.717, 1.165) is 13.1 Å². The van der Waals surface area contributed by atoms with Crippen molar-refractivity contribution in [3.8, 4) is 0 Å². The first kappa shape index (κ1) is 12.7. The summed E-state index contributed by atoms with van der Waals surface area (Å²) in [6, 6.07) is 0.227. The van der Waals surface area contributed by atoms with Crippen molar-refractivity contribution < 1.29 is 9.53 Å². The highest BCUT2D eigenvalue weighted by Crippen LogP contribution is 2.02. The summed E-state index contributed by atoms with van der Waals surface area (Å²) in [4.78, 5) is 12.2. The van der Waals surface area contributed by atoms with Gasteiger partial charge in [0.25, 0.3) is 6.47 Å². The first-order valence-corrected chi connectivity index (χ1v) is 4.36. The van der Waals surface area contributed by atoms with E-state index in [2.05, 4.69) is 20.1 Å². The van der Waals surface area contributed by atoms with Gasteiger partial charge in [0.15, 0.2) is 0 Å². The molecular formula is C8H16N4O2. The van der Waals surface area contributed by atoms with Crippen LogP contribution in [-0.4, -0.2) is 31.2 Å². The van der Waals surface area contributed by atoms with Gasteiger partial charge in [-0.05, 0) is 26.3 Å². The van der Waals surface area contributed by atoms with Crippen LogP contribution in [0.1, 0.15) is 20.8 Å². The third-order valence-electron chi connectivity index (χ3n) is 1.38. The van der Waals surface area contributed by atoms with Crippen molar-refractivity contribution in [2.75, 3.05) is 13.1 Å². The summed E-state index contributed by atoms with van der Waals surface area (Å²) in [5.74, 6) is 0. The fourth-order valence-electron chi connectivity index (χ4n) is 0.572. The van der Waals surface area contributed by atoms with Crippen molar-refractivity contribution >= 4 is 6.47 Å². The van der Waals surface area contributed by atoms with Gasteiger partial charge in [-0.15, -0.1) is 0 Å². The summed E-state index contributed by atoms with van der Waals surface area (Å²) in [6.07, 6.45) is 0. The van der Waals surface area contributed by atoms with Crippen LogP contribution in [0.3, 0.4) is 0 Å². The lowest BCUT2D eigenvalue weighted by molar-refractivity contribution is -0.138. The molecule has 1 heterocycles. The van der Waals surface area contributed by atoms with Gasteiger partial charge in [0, 0.05) is 18.0 Å². The van der Waals surface area contributed by atoms with Crippen molar-refractivity contribution in [1.29, 1.82) is 0 Å². The molecule has 0 spiro atoms. The van der Waals surface area contributed by atoms with Crippen LogP contribution < -0.4 is 5.32 Å². The van der Waals surface area contributed by atoms with E-state index in [9.17, 15) is 4.79 Å². The number of azide groups is 1. The van der Waals surface area contributed by atoms with Gasteiger partial charge in [-0.25, -0.2) is 0 Å². The Bertz CT molecular complexity index is 214. The van der Waals surface area contributed by atoms with Gasteiger partial charge in [-0.1, -0.05) is 5.11 Å². The molecule has 0 aromatic carbocycles. The van der Waals surface area contributed by atoms with E-state index < -0.39 is 0 Å². The molecular weight excluding hydrogens is 184 g/mol. The average molecular weight is 200 g/mol. The first-order valence-electron chi connectivity index (χ1n) is 4.36. The van der Waals surface area contributed by atoms with E-state index in [1.54, 1.807) is 0 Å². The molecule has 0 unspecified atom stereocenters. The Labute approximate surface area is 83.3 Å². The SMILES string of the molecule is CC(C)(C)OC=O.[N-]=[N+]=NC1CNC1. The monoisotopic (exact) mass is 200 g/mol. The lowest BCUT2D eigenvalue weighted by Gasteiger charge is -2.21. The Hall–Kier alpha value is -1.26. The molecule has 0 aliphatic carbocycles. The van der Waals surface area contributed by atoms with Gasteiger partial charge >= 0.3 is 0 Å². The third-order valence-corrected chi connectivity index (χ3v) is 1.38. The fourth-order valence-corrected chi connectivity index (χ4v) is 0.572. The van der Waals surface area contributed by atoms with Gasteiger partial charge in [-0.3, -0.25) is 4.79 Å². The highest BCUT2D eigenvalue weighted by molar-refractivity contribution is 5.37. The second kappa shape index (κ2) is 6.23. The molecule has 1 N–H and O–H groups in total. The zero-order chi connectivity index (χ0) is 11.0. The summed E-state index contributed by atoms with van der Waals surface area (Å²) in [5.41, 5.74) is 7.51. The van der Waals surface area contributed by atoms with Crippen LogP contribution >= 0.6 is 0 Å². The maximum absolute atomic E-state index is 9.60. The Balaban J connectivity index is 0.000000241. The van der Waals surface area contributed by atoms with Crippen LogP contribution in [0.15, 0.2) is 5.11 Å². The summed E-state index contributed by atoms with van der Waals surface area (Å²) < 4.78 is 4.55. The largest absolute Gasteiger partial charge is 0.462 e. The van der Waals surface area contributed by atoms with E-state index >= 15 is 0 Å². The lowest BCUT2D eigenvalue weighted by atomic mass is 10.2. The minimum Gasteiger partial charge on any atom is -0.462 e. The molecule has 1 aliphatic rings. The summed E-state index contributed by atoms with van der Waals surface area (Å²) >= 11 is 0. The molecule has 1 rings (SSSR count). The topological polar surface area (TPSA) is 87.1 Å². The Morgan fingerprint density at radius 2 is 2.14 bits per heavy atom. The number of rotatable bonds is 2. The molecule has 80 valence electrons. The Morgan fingerprint density at radius 3 is 2.21 bits per heavy atom. The van der Waals surface area contributed by atoms with Crippen LogP contribution in [-0.2, 0) is 9.53 Å². The minimum absolute atomic E-state index is 0.227. The number of carbonyl (C=O) groups excluding carboxylic acids is 1. The van der Waals surface area contributed by atoms with Crippen molar-refractivity contribution in [2.45, 2.75) is 32.4 Å². The second-order valence-corrected chi connectivity index (χ2v) is 3.84. The van der Waals surface area contributed by atoms with Crippen LogP contribution in [0.5, 0.6) is 0 Å². The molecule has 0 radical (unpaired) electrons. The third kappa shape index (κ3) is 7.39. The van der Waals surface area contributed by atoms with E-state index in [4.69, 9.17) is 5.53 Å². The first-order chi connectivity index (χ1) is 6.49. The molecule has 0 atom stereocenters. The van der Waals surface area contributed by atoms with Gasteiger partial charge in [0.05, 0.1) is 6.04 Å². The minimum atomic E-state index is -0.318. The molecule has 0 aromatic rings. The molecule has 6 nitrogen and oxygen atoms in total. The maximum atomic E-state index is 9.60. The number of nitrogens with zero attached hydrogens (tertiary/aromatic N) is 3. The zero-order valence-electron chi connectivity index (χ0n) is 8.73. The predicted octanol–water partition coefficient (Wildman–Crippen LogP) is 1.23. The standard InChI is InChI=1S/C5H10O2.C3H6N4/c1-5(2,3)7-4-6;4-7-6-3-1-5-2-3/h4H,1-3H3;3,5H,1-2H2. The summed E-state index contributed by atoms with van der Waals surface area (Å²) in [5, 5.41) is 6.43. The smallest absolute Gasteiger partial charge is 0.293 e. The lowest BCUT2D eigenvalue weighted by Crippen LogP contribution is -2.45. The number of ether oxygens (including phenoxy) is 1. The highest BCUT2D eigenvalue weighted by atomic mass is 16.5. The maximum Gasteiger partial charge on any atom is 0.293 e. The van der Waals surface area contributed by atoms with E-state index in [1.807, 2.05) is 20.8 Å². The second-order valence-electron chi connectivity index (χ2n) is 3.84. The van der Waals surface area contributed by atoms with Crippen LogP contribution in [0.4, 0.5) is 0 Å². The molecule has 6 heteroatoms.